The molecule has 1 heterocycles. The van der Waals surface area contributed by atoms with Crippen molar-refractivity contribution in [3.05, 3.63) is 29.0 Å². The third kappa shape index (κ3) is 1.75. The Hall–Kier alpha value is -1.35. The Morgan fingerprint density at radius 1 is 1.53 bits per heavy atom. The molecule has 1 aromatic carbocycles. The van der Waals surface area contributed by atoms with Gasteiger partial charge in [0.15, 0.2) is 12.1 Å². The van der Waals surface area contributed by atoms with Gasteiger partial charge in [0.25, 0.3) is 0 Å². The van der Waals surface area contributed by atoms with Crippen LogP contribution in [-0.4, -0.2) is 15.8 Å². The van der Waals surface area contributed by atoms with Gasteiger partial charge < -0.3 is 4.57 Å². The van der Waals surface area contributed by atoms with Crippen molar-refractivity contribution >= 4 is 28.9 Å². The van der Waals surface area contributed by atoms with E-state index in [4.69, 9.17) is 11.6 Å². The van der Waals surface area contributed by atoms with Crippen molar-refractivity contribution in [3.63, 3.8) is 0 Å². The van der Waals surface area contributed by atoms with Gasteiger partial charge in [-0.15, -0.1) is 0 Å². The summed E-state index contributed by atoms with van der Waals surface area (Å²) in [7, 11) is 0. The normalized spacial score (nSPS) is 10.8. The van der Waals surface area contributed by atoms with Gasteiger partial charge in [0.05, 0.1) is 11.0 Å². The Morgan fingerprint density at radius 2 is 2.33 bits per heavy atom. The van der Waals surface area contributed by atoms with Crippen LogP contribution >= 0.6 is 11.6 Å². The SMILES string of the molecule is CCCn1c(C=O)nc2cc(Cl)ccc21. The van der Waals surface area contributed by atoms with Crippen LogP contribution < -0.4 is 0 Å². The molecule has 78 valence electrons. The van der Waals surface area contributed by atoms with Crippen LogP contribution in [0.3, 0.4) is 0 Å². The molecule has 0 amide bonds. The number of fused-ring (bicyclic) bond motifs is 1. The lowest BCUT2D eigenvalue weighted by Crippen LogP contribution is -2.01. The van der Waals surface area contributed by atoms with E-state index in [0.29, 0.717) is 10.8 Å². The number of carbonyl (C=O) groups is 1. The molecule has 0 spiro atoms. The monoisotopic (exact) mass is 222 g/mol. The summed E-state index contributed by atoms with van der Waals surface area (Å²) in [6.45, 7) is 2.86. The van der Waals surface area contributed by atoms with Gasteiger partial charge >= 0.3 is 0 Å². The molecule has 3 nitrogen and oxygen atoms in total. The van der Waals surface area contributed by atoms with E-state index in [2.05, 4.69) is 11.9 Å². The Labute approximate surface area is 92.7 Å². The van der Waals surface area contributed by atoms with Crippen molar-refractivity contribution in [2.45, 2.75) is 19.9 Å². The third-order valence-electron chi connectivity index (χ3n) is 2.29. The van der Waals surface area contributed by atoms with Gasteiger partial charge in [0.2, 0.25) is 0 Å². The zero-order valence-corrected chi connectivity index (χ0v) is 9.16. The predicted octanol–water partition coefficient (Wildman–Crippen LogP) is 2.91. The van der Waals surface area contributed by atoms with Crippen LogP contribution in [-0.2, 0) is 6.54 Å². The highest BCUT2D eigenvalue weighted by Gasteiger charge is 2.08. The molecule has 2 rings (SSSR count). The van der Waals surface area contributed by atoms with E-state index in [9.17, 15) is 4.79 Å². The second-order valence-corrected chi connectivity index (χ2v) is 3.81. The second-order valence-electron chi connectivity index (χ2n) is 3.37. The summed E-state index contributed by atoms with van der Waals surface area (Å²) >= 11 is 5.86. The fourth-order valence-electron chi connectivity index (χ4n) is 1.67. The highest BCUT2D eigenvalue weighted by molar-refractivity contribution is 6.31. The first-order chi connectivity index (χ1) is 7.26. The smallest absolute Gasteiger partial charge is 0.185 e. The summed E-state index contributed by atoms with van der Waals surface area (Å²) in [6, 6.07) is 5.48. The maximum atomic E-state index is 10.8. The molecule has 15 heavy (non-hydrogen) atoms. The zero-order chi connectivity index (χ0) is 10.8. The van der Waals surface area contributed by atoms with Crippen LogP contribution in [0, 0.1) is 0 Å². The van der Waals surface area contributed by atoms with Crippen LogP contribution in [0.15, 0.2) is 18.2 Å². The van der Waals surface area contributed by atoms with Crippen LogP contribution in [0.2, 0.25) is 5.02 Å². The summed E-state index contributed by atoms with van der Waals surface area (Å²) in [5.41, 5.74) is 1.74. The molecule has 0 N–H and O–H groups in total. The average Bonchev–Trinajstić information content (AvgIpc) is 2.56. The number of carbonyl (C=O) groups excluding carboxylic acids is 1. The summed E-state index contributed by atoms with van der Waals surface area (Å²) in [4.78, 5) is 15.1. The first-order valence-electron chi connectivity index (χ1n) is 4.87. The van der Waals surface area contributed by atoms with Crippen LogP contribution in [0.1, 0.15) is 24.0 Å². The first-order valence-corrected chi connectivity index (χ1v) is 5.25. The molecule has 0 saturated heterocycles. The lowest BCUT2D eigenvalue weighted by Gasteiger charge is -2.02. The fraction of sp³-hybridized carbons (Fsp3) is 0.273. The number of aldehydes is 1. The molecule has 0 saturated carbocycles. The van der Waals surface area contributed by atoms with Crippen molar-refractivity contribution in [1.29, 1.82) is 0 Å². The number of hydrogen-bond donors (Lipinski definition) is 0. The molecule has 1 aromatic heterocycles. The summed E-state index contributed by atoms with van der Waals surface area (Å²) < 4.78 is 1.92. The van der Waals surface area contributed by atoms with Crippen molar-refractivity contribution in [1.82, 2.24) is 9.55 Å². The standard InChI is InChI=1S/C11H11ClN2O/c1-2-5-14-10-4-3-8(12)6-9(10)13-11(14)7-15/h3-4,6-7H,2,5H2,1H3. The molecule has 0 aliphatic carbocycles. The minimum atomic E-state index is 0.467. The van der Waals surface area contributed by atoms with Gasteiger partial charge in [-0.25, -0.2) is 4.98 Å². The minimum Gasteiger partial charge on any atom is -0.322 e. The van der Waals surface area contributed by atoms with E-state index < -0.39 is 0 Å². The molecule has 0 radical (unpaired) electrons. The quantitative estimate of drug-likeness (QED) is 0.749. The Kier molecular flexibility index (Phi) is 2.73. The van der Waals surface area contributed by atoms with Crippen LogP contribution in [0.5, 0.6) is 0 Å². The van der Waals surface area contributed by atoms with Gasteiger partial charge in [-0.3, -0.25) is 4.79 Å². The average molecular weight is 223 g/mol. The number of aromatic nitrogens is 2. The molecular formula is C11H11ClN2O. The Balaban J connectivity index is 2.68. The molecule has 0 bridgehead atoms. The van der Waals surface area contributed by atoms with E-state index in [0.717, 1.165) is 30.3 Å². The van der Waals surface area contributed by atoms with E-state index in [1.807, 2.05) is 16.7 Å². The molecule has 0 aliphatic rings. The lowest BCUT2D eigenvalue weighted by atomic mass is 10.3. The Morgan fingerprint density at radius 3 is 3.00 bits per heavy atom. The topological polar surface area (TPSA) is 34.9 Å². The first kappa shape index (κ1) is 10.2. The number of rotatable bonds is 3. The van der Waals surface area contributed by atoms with Gasteiger partial charge in [-0.05, 0) is 24.6 Å². The fourth-order valence-corrected chi connectivity index (χ4v) is 1.84. The summed E-state index contributed by atoms with van der Waals surface area (Å²) in [6.07, 6.45) is 1.75. The van der Waals surface area contributed by atoms with E-state index >= 15 is 0 Å². The number of hydrogen-bond acceptors (Lipinski definition) is 2. The molecule has 0 atom stereocenters. The zero-order valence-electron chi connectivity index (χ0n) is 8.40. The molecule has 4 heteroatoms. The van der Waals surface area contributed by atoms with Crippen LogP contribution in [0.4, 0.5) is 0 Å². The molecule has 0 aliphatic heterocycles. The van der Waals surface area contributed by atoms with Crippen molar-refractivity contribution < 1.29 is 4.79 Å². The highest BCUT2D eigenvalue weighted by Crippen LogP contribution is 2.20. The van der Waals surface area contributed by atoms with Gasteiger partial charge in [-0.2, -0.15) is 0 Å². The number of halogens is 1. The number of imidazole rings is 1. The van der Waals surface area contributed by atoms with Crippen molar-refractivity contribution in [2.24, 2.45) is 0 Å². The van der Waals surface area contributed by atoms with E-state index in [1.54, 1.807) is 6.07 Å². The molecule has 2 aromatic rings. The largest absolute Gasteiger partial charge is 0.322 e. The van der Waals surface area contributed by atoms with Crippen LogP contribution in [0.25, 0.3) is 11.0 Å². The van der Waals surface area contributed by atoms with Crippen molar-refractivity contribution in [3.8, 4) is 0 Å². The lowest BCUT2D eigenvalue weighted by molar-refractivity contribution is 0.111. The number of nitrogens with zero attached hydrogens (tertiary/aromatic N) is 2. The maximum absolute atomic E-state index is 10.8. The second kappa shape index (κ2) is 4.03. The van der Waals surface area contributed by atoms with E-state index in [1.165, 1.54) is 0 Å². The molecule has 0 unspecified atom stereocenters. The number of benzene rings is 1. The van der Waals surface area contributed by atoms with Gasteiger partial charge in [0, 0.05) is 11.6 Å². The van der Waals surface area contributed by atoms with Gasteiger partial charge in [0.1, 0.15) is 0 Å². The van der Waals surface area contributed by atoms with Gasteiger partial charge in [-0.1, -0.05) is 18.5 Å². The summed E-state index contributed by atoms with van der Waals surface area (Å²) in [5.74, 6) is 0.467. The van der Waals surface area contributed by atoms with E-state index in [-0.39, 0.29) is 0 Å². The molecular weight excluding hydrogens is 212 g/mol. The number of aryl methyl sites for hydroxylation is 1. The predicted molar refractivity (Wildman–Crippen MR) is 60.4 cm³/mol. The minimum absolute atomic E-state index is 0.467. The maximum Gasteiger partial charge on any atom is 0.185 e. The molecule has 0 fully saturated rings. The third-order valence-corrected chi connectivity index (χ3v) is 2.53. The Bertz CT molecular complexity index is 505. The van der Waals surface area contributed by atoms with Crippen molar-refractivity contribution in [2.75, 3.05) is 0 Å². The highest BCUT2D eigenvalue weighted by atomic mass is 35.5. The summed E-state index contributed by atoms with van der Waals surface area (Å²) in [5, 5.41) is 0.640.